The van der Waals surface area contributed by atoms with Gasteiger partial charge in [-0.25, -0.2) is 0 Å². The molecule has 0 N–H and O–H groups in total. The van der Waals surface area contributed by atoms with Crippen LogP contribution in [0.3, 0.4) is 0 Å². The highest BCUT2D eigenvalue weighted by molar-refractivity contribution is 14.1. The summed E-state index contributed by atoms with van der Waals surface area (Å²) >= 11 is 2.15. The van der Waals surface area contributed by atoms with Crippen LogP contribution >= 0.6 is 22.6 Å². The number of carbonyl (C=O) groups excluding carboxylic acids is 1. The molecule has 2 heterocycles. The highest BCUT2D eigenvalue weighted by Gasteiger charge is 2.52. The van der Waals surface area contributed by atoms with Gasteiger partial charge in [0.1, 0.15) is 6.10 Å². The molecule has 1 fully saturated rings. The van der Waals surface area contributed by atoms with Gasteiger partial charge in [-0.15, -0.1) is 0 Å². The van der Waals surface area contributed by atoms with Crippen molar-refractivity contribution in [3.05, 3.63) is 12.2 Å². The van der Waals surface area contributed by atoms with Crippen LogP contribution in [0.25, 0.3) is 0 Å². The van der Waals surface area contributed by atoms with Gasteiger partial charge in [-0.05, 0) is 12.5 Å². The first-order valence-electron chi connectivity index (χ1n) is 5.37. The molecule has 2 aliphatic heterocycles. The predicted molar refractivity (Wildman–Crippen MR) is 65.0 cm³/mol. The Labute approximate surface area is 103 Å². The summed E-state index contributed by atoms with van der Waals surface area (Å²) in [5, 5.41) is 0. The van der Waals surface area contributed by atoms with Crippen molar-refractivity contribution in [2.45, 2.75) is 41.8 Å². The SMILES string of the molecule is CCCCO[C@@H]1C[C@H]2C=C[C@]1(I)C(=O)O2. The largest absolute Gasteiger partial charge is 0.457 e. The van der Waals surface area contributed by atoms with E-state index in [0.29, 0.717) is 0 Å². The summed E-state index contributed by atoms with van der Waals surface area (Å²) in [4.78, 5) is 11.7. The second-order valence-corrected chi connectivity index (χ2v) is 5.80. The molecule has 1 saturated heterocycles. The number of fused-ring (bicyclic) bond motifs is 2. The molecule has 0 spiro atoms. The molecular weight excluding hydrogens is 307 g/mol. The van der Waals surface area contributed by atoms with Crippen LogP contribution in [0, 0.1) is 0 Å². The zero-order valence-corrected chi connectivity index (χ0v) is 10.9. The van der Waals surface area contributed by atoms with E-state index in [1.165, 1.54) is 0 Å². The summed E-state index contributed by atoms with van der Waals surface area (Å²) in [6.07, 6.45) is 6.78. The fraction of sp³-hybridized carbons (Fsp3) is 0.727. The number of alkyl halides is 1. The van der Waals surface area contributed by atoms with E-state index in [9.17, 15) is 4.79 Å². The van der Waals surface area contributed by atoms with Gasteiger partial charge in [-0.1, -0.05) is 42.0 Å². The van der Waals surface area contributed by atoms with Crippen molar-refractivity contribution in [2.24, 2.45) is 0 Å². The Balaban J connectivity index is 2.02. The standard InChI is InChI=1S/C11H15IO3/c1-2-3-6-14-9-7-8-4-5-11(9,12)10(13)15-8/h4-5,8-9H,2-3,6-7H2,1H3/t8-,9-,11-/m1/s1. The first-order valence-corrected chi connectivity index (χ1v) is 6.45. The Hall–Kier alpha value is -0.100. The lowest BCUT2D eigenvalue weighted by molar-refractivity contribution is -0.163. The van der Waals surface area contributed by atoms with Gasteiger partial charge in [0.15, 0.2) is 3.42 Å². The maximum Gasteiger partial charge on any atom is 0.329 e. The van der Waals surface area contributed by atoms with Gasteiger partial charge in [0.25, 0.3) is 0 Å². The van der Waals surface area contributed by atoms with E-state index in [-0.39, 0.29) is 18.2 Å². The Morgan fingerprint density at radius 1 is 1.73 bits per heavy atom. The van der Waals surface area contributed by atoms with E-state index in [4.69, 9.17) is 9.47 Å². The first-order chi connectivity index (χ1) is 7.16. The number of hydrogen-bond donors (Lipinski definition) is 0. The smallest absolute Gasteiger partial charge is 0.329 e. The molecular formula is C11H15IO3. The monoisotopic (exact) mass is 322 g/mol. The summed E-state index contributed by atoms with van der Waals surface area (Å²) in [5.74, 6) is -0.150. The van der Waals surface area contributed by atoms with Crippen LogP contribution in [0.4, 0.5) is 0 Å². The van der Waals surface area contributed by atoms with Crippen LogP contribution in [0.2, 0.25) is 0 Å². The second-order valence-electron chi connectivity index (χ2n) is 4.02. The van der Waals surface area contributed by atoms with Crippen LogP contribution in [-0.2, 0) is 14.3 Å². The van der Waals surface area contributed by atoms with Gasteiger partial charge in [0.2, 0.25) is 0 Å². The van der Waals surface area contributed by atoms with E-state index >= 15 is 0 Å². The summed E-state index contributed by atoms with van der Waals surface area (Å²) in [6.45, 7) is 2.87. The maximum atomic E-state index is 11.7. The molecule has 0 aromatic heterocycles. The van der Waals surface area contributed by atoms with Crippen LogP contribution in [0.15, 0.2) is 12.2 Å². The van der Waals surface area contributed by atoms with Crippen molar-refractivity contribution in [1.29, 1.82) is 0 Å². The fourth-order valence-electron chi connectivity index (χ4n) is 1.89. The number of hydrogen-bond acceptors (Lipinski definition) is 3. The van der Waals surface area contributed by atoms with Crippen molar-refractivity contribution >= 4 is 28.6 Å². The highest BCUT2D eigenvalue weighted by Crippen LogP contribution is 2.41. The molecule has 0 saturated carbocycles. The van der Waals surface area contributed by atoms with Gasteiger partial charge >= 0.3 is 5.97 Å². The van der Waals surface area contributed by atoms with E-state index in [1.54, 1.807) is 0 Å². The van der Waals surface area contributed by atoms with Gasteiger partial charge in [0.05, 0.1) is 6.10 Å². The number of esters is 1. The minimum atomic E-state index is -0.583. The minimum Gasteiger partial charge on any atom is -0.457 e. The average molecular weight is 322 g/mol. The molecule has 4 heteroatoms. The van der Waals surface area contributed by atoms with Crippen molar-refractivity contribution in [2.75, 3.05) is 6.61 Å². The number of carbonyl (C=O) groups is 1. The summed E-state index contributed by atoms with van der Waals surface area (Å²) in [6, 6.07) is 0. The van der Waals surface area contributed by atoms with Gasteiger partial charge < -0.3 is 9.47 Å². The molecule has 0 radical (unpaired) electrons. The van der Waals surface area contributed by atoms with Crippen molar-refractivity contribution in [3.8, 4) is 0 Å². The van der Waals surface area contributed by atoms with Crippen LogP contribution in [-0.4, -0.2) is 28.2 Å². The van der Waals surface area contributed by atoms with E-state index in [2.05, 4.69) is 29.5 Å². The summed E-state index contributed by atoms with van der Waals surface area (Å²) < 4.78 is 10.4. The van der Waals surface area contributed by atoms with Gasteiger partial charge in [0, 0.05) is 13.0 Å². The lowest BCUT2D eigenvalue weighted by Crippen LogP contribution is -2.55. The second kappa shape index (κ2) is 4.41. The molecule has 0 unspecified atom stereocenters. The highest BCUT2D eigenvalue weighted by atomic mass is 127. The molecule has 0 aromatic rings. The van der Waals surface area contributed by atoms with Crippen molar-refractivity contribution in [1.82, 2.24) is 0 Å². The zero-order valence-electron chi connectivity index (χ0n) is 8.74. The average Bonchev–Trinajstić information content (AvgIpc) is 2.21. The van der Waals surface area contributed by atoms with Crippen molar-refractivity contribution in [3.63, 3.8) is 0 Å². The van der Waals surface area contributed by atoms with E-state index < -0.39 is 3.42 Å². The van der Waals surface area contributed by atoms with Crippen molar-refractivity contribution < 1.29 is 14.3 Å². The quantitative estimate of drug-likeness (QED) is 0.262. The molecule has 84 valence electrons. The predicted octanol–water partition coefficient (Wildman–Crippen LogP) is 2.23. The van der Waals surface area contributed by atoms with Crippen LogP contribution in [0.5, 0.6) is 0 Å². The van der Waals surface area contributed by atoms with Gasteiger partial charge in [-0.3, -0.25) is 4.79 Å². The topological polar surface area (TPSA) is 35.5 Å². The normalized spacial score (nSPS) is 38.1. The number of rotatable bonds is 4. The van der Waals surface area contributed by atoms with E-state index in [1.807, 2.05) is 12.2 Å². The molecule has 2 bridgehead atoms. The number of halogens is 1. The first kappa shape index (κ1) is 11.4. The summed E-state index contributed by atoms with van der Waals surface area (Å²) in [7, 11) is 0. The van der Waals surface area contributed by atoms with Crippen LogP contribution in [0.1, 0.15) is 26.2 Å². The lowest BCUT2D eigenvalue weighted by atomic mass is 9.87. The molecule has 15 heavy (non-hydrogen) atoms. The lowest BCUT2D eigenvalue weighted by Gasteiger charge is -2.42. The third kappa shape index (κ3) is 2.06. The molecule has 3 rings (SSSR count). The Morgan fingerprint density at radius 2 is 2.53 bits per heavy atom. The number of ether oxygens (including phenoxy) is 2. The third-order valence-corrected chi connectivity index (χ3v) is 4.35. The molecule has 3 aliphatic rings. The zero-order chi connectivity index (χ0) is 10.9. The molecule has 0 amide bonds. The maximum absolute atomic E-state index is 11.7. The molecule has 3 atom stereocenters. The molecule has 3 nitrogen and oxygen atoms in total. The fourth-order valence-corrected chi connectivity index (χ4v) is 2.66. The van der Waals surface area contributed by atoms with Crippen LogP contribution < -0.4 is 0 Å². The third-order valence-electron chi connectivity index (χ3n) is 2.86. The number of unbranched alkanes of at least 4 members (excludes halogenated alkanes) is 1. The Kier molecular flexibility index (Phi) is 3.35. The minimum absolute atomic E-state index is 0.0131. The van der Waals surface area contributed by atoms with Gasteiger partial charge in [-0.2, -0.15) is 0 Å². The molecule has 0 aromatic carbocycles. The Bertz CT molecular complexity index is 290. The summed E-state index contributed by atoms with van der Waals surface area (Å²) in [5.41, 5.74) is 0. The Morgan fingerprint density at radius 3 is 3.20 bits per heavy atom. The van der Waals surface area contributed by atoms with E-state index in [0.717, 1.165) is 25.9 Å². The molecule has 1 aliphatic carbocycles.